The first-order chi connectivity index (χ1) is 11.5. The maximum Gasteiger partial charge on any atom is 0.311 e. The molecule has 2 rings (SSSR count). The van der Waals surface area contributed by atoms with Gasteiger partial charge in [-0.05, 0) is 43.5 Å². The highest BCUT2D eigenvalue weighted by atomic mass is 16.5. The van der Waals surface area contributed by atoms with E-state index >= 15 is 0 Å². The Hall–Kier alpha value is -1.85. The van der Waals surface area contributed by atoms with Crippen molar-refractivity contribution >= 4 is 5.97 Å². The summed E-state index contributed by atoms with van der Waals surface area (Å²) in [5.41, 5.74) is 1.44. The number of rotatable bonds is 8. The van der Waals surface area contributed by atoms with Crippen molar-refractivity contribution < 1.29 is 19.4 Å². The zero-order chi connectivity index (χ0) is 17.6. The largest absolute Gasteiger partial charge is 0.496 e. The van der Waals surface area contributed by atoms with Crippen LogP contribution >= 0.6 is 0 Å². The Labute approximate surface area is 143 Å². The molecular weight excluding hydrogens is 306 g/mol. The van der Waals surface area contributed by atoms with Crippen LogP contribution in [-0.4, -0.2) is 43.3 Å². The summed E-state index contributed by atoms with van der Waals surface area (Å²) in [6.07, 6.45) is 3.83. The molecule has 1 aliphatic heterocycles. The molecule has 1 aliphatic rings. The molecule has 1 aromatic carbocycles. The molecule has 1 saturated heterocycles. The fraction of sp³-hybridized carbons (Fsp3) is 0.526. The van der Waals surface area contributed by atoms with Gasteiger partial charge in [0.25, 0.3) is 0 Å². The molecule has 1 heterocycles. The number of allylic oxidation sites excluding steroid dienone is 1. The van der Waals surface area contributed by atoms with Crippen molar-refractivity contribution in [3.8, 4) is 5.75 Å². The van der Waals surface area contributed by atoms with Crippen molar-refractivity contribution in [3.05, 3.63) is 42.0 Å². The van der Waals surface area contributed by atoms with Crippen LogP contribution in [0.5, 0.6) is 5.75 Å². The van der Waals surface area contributed by atoms with Gasteiger partial charge in [0.2, 0.25) is 0 Å². The van der Waals surface area contributed by atoms with Gasteiger partial charge in [0.15, 0.2) is 0 Å². The normalized spacial score (nSPS) is 21.4. The lowest BCUT2D eigenvalue weighted by molar-refractivity contribution is -0.152. The molecule has 24 heavy (non-hydrogen) atoms. The highest BCUT2D eigenvalue weighted by Gasteiger charge is 2.41. The quantitative estimate of drug-likeness (QED) is 0.741. The molecule has 1 atom stereocenters. The lowest BCUT2D eigenvalue weighted by atomic mass is 9.77. The number of ether oxygens (including phenoxy) is 2. The number of aliphatic carboxylic acids is 1. The summed E-state index contributed by atoms with van der Waals surface area (Å²) in [7, 11) is 3.31. The van der Waals surface area contributed by atoms with Gasteiger partial charge >= 0.3 is 5.97 Å². The van der Waals surface area contributed by atoms with E-state index in [1.807, 2.05) is 12.1 Å². The molecule has 0 radical (unpaired) electrons. The molecule has 0 unspecified atom stereocenters. The molecule has 0 spiro atoms. The predicted molar refractivity (Wildman–Crippen MR) is 93.1 cm³/mol. The lowest BCUT2D eigenvalue weighted by Crippen LogP contribution is -2.47. The standard InChI is InChI=1S/C19H27NO4/c1-4-8-19(18(21)22)9-5-10-20(14-19)12-15-6-7-17(24-3)16(11-15)13-23-2/h4,6-7,11H,1,5,8-10,12-14H2,2-3H3,(H,21,22)/t19-/m1/s1. The Morgan fingerprint density at radius 1 is 1.46 bits per heavy atom. The third-order valence-corrected chi connectivity index (χ3v) is 4.70. The number of benzene rings is 1. The van der Waals surface area contributed by atoms with Crippen LogP contribution in [0.3, 0.4) is 0 Å². The molecule has 0 bridgehead atoms. The first-order valence-corrected chi connectivity index (χ1v) is 8.26. The van der Waals surface area contributed by atoms with E-state index in [2.05, 4.69) is 17.5 Å². The van der Waals surface area contributed by atoms with Gasteiger partial charge in [-0.15, -0.1) is 6.58 Å². The monoisotopic (exact) mass is 333 g/mol. The Morgan fingerprint density at radius 3 is 2.88 bits per heavy atom. The molecule has 5 heteroatoms. The minimum atomic E-state index is -0.720. The van der Waals surface area contributed by atoms with Gasteiger partial charge in [-0.2, -0.15) is 0 Å². The Bertz CT molecular complexity index is 587. The molecule has 132 valence electrons. The Kier molecular flexibility index (Phi) is 6.40. The smallest absolute Gasteiger partial charge is 0.311 e. The van der Waals surface area contributed by atoms with Crippen molar-refractivity contribution in [3.63, 3.8) is 0 Å². The van der Waals surface area contributed by atoms with Crippen LogP contribution in [0.1, 0.15) is 30.4 Å². The molecule has 0 saturated carbocycles. The average Bonchev–Trinajstić information content (AvgIpc) is 2.56. The summed E-state index contributed by atoms with van der Waals surface area (Å²) in [6, 6.07) is 6.05. The highest BCUT2D eigenvalue weighted by Crippen LogP contribution is 2.35. The Morgan fingerprint density at radius 2 is 2.25 bits per heavy atom. The second kappa shape index (κ2) is 8.31. The summed E-state index contributed by atoms with van der Waals surface area (Å²) in [4.78, 5) is 14.0. The van der Waals surface area contributed by atoms with E-state index in [0.717, 1.165) is 36.4 Å². The van der Waals surface area contributed by atoms with Crippen molar-refractivity contribution in [2.45, 2.75) is 32.4 Å². The molecule has 0 amide bonds. The molecule has 0 aliphatic carbocycles. The number of nitrogens with zero attached hydrogens (tertiary/aromatic N) is 1. The van der Waals surface area contributed by atoms with Gasteiger partial charge in [0, 0.05) is 25.8 Å². The number of carbonyl (C=O) groups is 1. The van der Waals surface area contributed by atoms with Crippen LogP contribution in [0.4, 0.5) is 0 Å². The van der Waals surface area contributed by atoms with E-state index < -0.39 is 11.4 Å². The predicted octanol–water partition coefficient (Wildman–Crippen LogP) is 3.08. The van der Waals surface area contributed by atoms with Gasteiger partial charge < -0.3 is 14.6 Å². The Balaban J connectivity index is 2.14. The van der Waals surface area contributed by atoms with Crippen molar-refractivity contribution in [2.24, 2.45) is 5.41 Å². The highest BCUT2D eigenvalue weighted by molar-refractivity contribution is 5.75. The molecule has 1 aromatic rings. The van der Waals surface area contributed by atoms with Crippen LogP contribution in [0, 0.1) is 5.41 Å². The SMILES string of the molecule is C=CC[C@@]1(C(=O)O)CCCN(Cc2ccc(OC)c(COC)c2)C1. The number of carboxylic acid groups (broad SMARTS) is 1. The van der Waals surface area contributed by atoms with E-state index in [4.69, 9.17) is 9.47 Å². The summed E-state index contributed by atoms with van der Waals surface area (Å²) < 4.78 is 10.6. The number of piperidine rings is 1. The van der Waals surface area contributed by atoms with Gasteiger partial charge in [0.05, 0.1) is 19.1 Å². The van der Waals surface area contributed by atoms with Crippen LogP contribution < -0.4 is 4.74 Å². The number of hydrogen-bond donors (Lipinski definition) is 1. The third kappa shape index (κ3) is 4.16. The molecule has 5 nitrogen and oxygen atoms in total. The second-order valence-corrected chi connectivity index (χ2v) is 6.47. The van der Waals surface area contributed by atoms with E-state index in [0.29, 0.717) is 26.0 Å². The van der Waals surface area contributed by atoms with E-state index in [9.17, 15) is 9.90 Å². The zero-order valence-corrected chi connectivity index (χ0v) is 14.6. The molecule has 1 fully saturated rings. The fourth-order valence-electron chi connectivity index (χ4n) is 3.52. The van der Waals surface area contributed by atoms with Crippen molar-refractivity contribution in [1.29, 1.82) is 0 Å². The minimum absolute atomic E-state index is 0.493. The number of carboxylic acids is 1. The van der Waals surface area contributed by atoms with Crippen LogP contribution in [0.2, 0.25) is 0 Å². The first-order valence-electron chi connectivity index (χ1n) is 8.26. The van der Waals surface area contributed by atoms with E-state index in [-0.39, 0.29) is 0 Å². The minimum Gasteiger partial charge on any atom is -0.496 e. The van der Waals surface area contributed by atoms with Crippen LogP contribution in [0.15, 0.2) is 30.9 Å². The lowest BCUT2D eigenvalue weighted by Gasteiger charge is -2.39. The maximum absolute atomic E-state index is 11.8. The van der Waals surface area contributed by atoms with Gasteiger partial charge in [-0.3, -0.25) is 9.69 Å². The van der Waals surface area contributed by atoms with Gasteiger partial charge in [0.1, 0.15) is 5.75 Å². The van der Waals surface area contributed by atoms with Crippen molar-refractivity contribution in [2.75, 3.05) is 27.3 Å². The third-order valence-electron chi connectivity index (χ3n) is 4.70. The number of hydrogen-bond acceptors (Lipinski definition) is 4. The fourth-order valence-corrected chi connectivity index (χ4v) is 3.52. The topological polar surface area (TPSA) is 59.0 Å². The summed E-state index contributed by atoms with van der Waals surface area (Å²) >= 11 is 0. The van der Waals surface area contributed by atoms with E-state index in [1.54, 1.807) is 20.3 Å². The molecule has 1 N–H and O–H groups in total. The van der Waals surface area contributed by atoms with Gasteiger partial charge in [-0.1, -0.05) is 12.1 Å². The van der Waals surface area contributed by atoms with E-state index in [1.165, 1.54) is 0 Å². The van der Waals surface area contributed by atoms with Crippen LogP contribution in [-0.2, 0) is 22.7 Å². The molecule has 0 aromatic heterocycles. The second-order valence-electron chi connectivity index (χ2n) is 6.47. The average molecular weight is 333 g/mol. The first kappa shape index (κ1) is 18.5. The molecular formula is C19H27NO4. The number of methoxy groups -OCH3 is 2. The van der Waals surface area contributed by atoms with Crippen LogP contribution in [0.25, 0.3) is 0 Å². The van der Waals surface area contributed by atoms with Crippen molar-refractivity contribution in [1.82, 2.24) is 4.90 Å². The number of likely N-dealkylation sites (tertiary alicyclic amines) is 1. The summed E-state index contributed by atoms with van der Waals surface area (Å²) in [6.45, 7) is 6.42. The zero-order valence-electron chi connectivity index (χ0n) is 14.6. The summed E-state index contributed by atoms with van der Waals surface area (Å²) in [5, 5.41) is 9.68. The maximum atomic E-state index is 11.8. The van der Waals surface area contributed by atoms with Gasteiger partial charge in [-0.25, -0.2) is 0 Å². The summed E-state index contributed by atoms with van der Waals surface area (Å²) in [5.74, 6) is 0.0905.